The van der Waals surface area contributed by atoms with Crippen molar-refractivity contribution in [2.24, 2.45) is 5.16 Å². The number of oxime groups is 1. The maximum absolute atomic E-state index is 13.4. The fourth-order valence-corrected chi connectivity index (χ4v) is 3.41. The summed E-state index contributed by atoms with van der Waals surface area (Å²) in [5.74, 6) is -2.53. The van der Waals surface area contributed by atoms with E-state index in [-0.39, 0.29) is 24.0 Å². The second kappa shape index (κ2) is 7.24. The first kappa shape index (κ1) is 19.6. The van der Waals surface area contributed by atoms with E-state index < -0.39 is 5.92 Å². The van der Waals surface area contributed by atoms with E-state index in [0.29, 0.717) is 13.2 Å². The van der Waals surface area contributed by atoms with Gasteiger partial charge < -0.3 is 4.84 Å². The van der Waals surface area contributed by atoms with Crippen LogP contribution in [0.2, 0.25) is 0 Å². The van der Waals surface area contributed by atoms with E-state index in [1.54, 1.807) is 0 Å². The predicted molar refractivity (Wildman–Crippen MR) is 93.8 cm³/mol. The number of halogens is 2. The number of nitrogens with zero attached hydrogens (tertiary/aromatic N) is 3. The molecular formula is C18H33F2N3O. The van der Waals surface area contributed by atoms with Crippen LogP contribution in [0.15, 0.2) is 5.16 Å². The van der Waals surface area contributed by atoms with Crippen LogP contribution in [-0.4, -0.2) is 65.3 Å². The lowest BCUT2D eigenvalue weighted by atomic mass is 9.97. The Balaban J connectivity index is 1.67. The number of likely N-dealkylation sites (tertiary alicyclic amines) is 2. The maximum Gasteiger partial charge on any atom is 0.261 e. The summed E-state index contributed by atoms with van der Waals surface area (Å²) >= 11 is 0. The van der Waals surface area contributed by atoms with Gasteiger partial charge in [-0.05, 0) is 47.5 Å². The minimum Gasteiger partial charge on any atom is -0.396 e. The summed E-state index contributed by atoms with van der Waals surface area (Å²) in [6, 6.07) is 0. The van der Waals surface area contributed by atoms with Gasteiger partial charge in [0.05, 0.1) is 12.3 Å². The first-order valence-electron chi connectivity index (χ1n) is 9.05. The smallest absolute Gasteiger partial charge is 0.261 e. The van der Waals surface area contributed by atoms with Crippen molar-refractivity contribution < 1.29 is 13.6 Å². The summed E-state index contributed by atoms with van der Waals surface area (Å²) < 4.78 is 26.7. The average Bonchev–Trinajstić information content (AvgIpc) is 3.04. The second-order valence-corrected chi connectivity index (χ2v) is 8.78. The topological polar surface area (TPSA) is 28.1 Å². The molecule has 0 aromatic rings. The van der Waals surface area contributed by atoms with Gasteiger partial charge in [-0.25, -0.2) is 8.78 Å². The van der Waals surface area contributed by atoms with Gasteiger partial charge in [0.1, 0.15) is 6.61 Å². The lowest BCUT2D eigenvalue weighted by molar-refractivity contribution is -0.00259. The fraction of sp³-hybridized carbons (Fsp3) is 0.944. The summed E-state index contributed by atoms with van der Waals surface area (Å²) in [6.07, 6.45) is 2.60. The van der Waals surface area contributed by atoms with Gasteiger partial charge in [-0.3, -0.25) is 9.80 Å². The Morgan fingerprint density at radius 3 is 2.38 bits per heavy atom. The van der Waals surface area contributed by atoms with Crippen molar-refractivity contribution in [3.05, 3.63) is 0 Å². The number of rotatable bonds is 6. The summed E-state index contributed by atoms with van der Waals surface area (Å²) in [7, 11) is 0. The largest absolute Gasteiger partial charge is 0.396 e. The van der Waals surface area contributed by atoms with Gasteiger partial charge in [0.2, 0.25) is 0 Å². The molecule has 140 valence electrons. The van der Waals surface area contributed by atoms with Crippen molar-refractivity contribution >= 4 is 5.71 Å². The molecule has 0 saturated carbocycles. The number of hydrogen-bond donors (Lipinski definition) is 0. The highest BCUT2D eigenvalue weighted by Gasteiger charge is 2.43. The Hall–Kier alpha value is -0.750. The van der Waals surface area contributed by atoms with E-state index in [2.05, 4.69) is 30.8 Å². The molecule has 2 fully saturated rings. The van der Waals surface area contributed by atoms with Crippen LogP contribution in [0.1, 0.15) is 60.3 Å². The molecule has 0 aliphatic carbocycles. The van der Waals surface area contributed by atoms with Gasteiger partial charge in [-0.1, -0.05) is 5.16 Å². The Morgan fingerprint density at radius 1 is 1.12 bits per heavy atom. The molecule has 0 radical (unpaired) electrons. The van der Waals surface area contributed by atoms with Crippen LogP contribution >= 0.6 is 0 Å². The molecule has 0 atom stereocenters. The van der Waals surface area contributed by atoms with Gasteiger partial charge in [0.15, 0.2) is 0 Å². The van der Waals surface area contributed by atoms with Crippen molar-refractivity contribution in [2.75, 3.05) is 32.8 Å². The average molecular weight is 345 g/mol. The molecule has 0 spiro atoms. The van der Waals surface area contributed by atoms with Gasteiger partial charge in [0.25, 0.3) is 5.92 Å². The van der Waals surface area contributed by atoms with Gasteiger partial charge in [-0.15, -0.1) is 0 Å². The number of alkyl halides is 2. The first-order chi connectivity index (χ1) is 11.0. The normalized spacial score (nSPS) is 24.9. The zero-order valence-corrected chi connectivity index (χ0v) is 15.9. The zero-order chi connectivity index (χ0) is 18.0. The Labute approximate surface area is 145 Å². The van der Waals surface area contributed by atoms with Crippen LogP contribution in [0.4, 0.5) is 8.78 Å². The molecule has 2 heterocycles. The van der Waals surface area contributed by atoms with E-state index in [9.17, 15) is 8.78 Å². The van der Waals surface area contributed by atoms with Crippen molar-refractivity contribution in [1.82, 2.24) is 9.80 Å². The molecule has 0 amide bonds. The van der Waals surface area contributed by atoms with Gasteiger partial charge in [-0.2, -0.15) is 0 Å². The molecule has 24 heavy (non-hydrogen) atoms. The standard InChI is InChI=1S/C18H33F2N3O/c1-16(2,3)22-10-7-15(13-22)21-24-12-6-8-17(4,5)23-11-9-18(19,20)14-23/h6-14H2,1-5H3/b21-15-. The molecule has 0 unspecified atom stereocenters. The Kier molecular flexibility index (Phi) is 5.91. The van der Waals surface area contributed by atoms with Crippen molar-refractivity contribution in [1.29, 1.82) is 0 Å². The second-order valence-electron chi connectivity index (χ2n) is 8.78. The first-order valence-corrected chi connectivity index (χ1v) is 9.05. The van der Waals surface area contributed by atoms with Crippen molar-refractivity contribution in [3.8, 4) is 0 Å². The van der Waals surface area contributed by atoms with Crippen LogP contribution in [0.5, 0.6) is 0 Å². The lowest BCUT2D eigenvalue weighted by Crippen LogP contribution is -2.43. The molecule has 6 heteroatoms. The molecule has 0 aromatic heterocycles. The quantitative estimate of drug-likeness (QED) is 0.542. The van der Waals surface area contributed by atoms with E-state index in [1.807, 2.05) is 18.7 Å². The molecule has 2 saturated heterocycles. The fourth-order valence-electron chi connectivity index (χ4n) is 3.41. The molecule has 2 aliphatic heterocycles. The van der Waals surface area contributed by atoms with Gasteiger partial charge >= 0.3 is 0 Å². The third-order valence-corrected chi connectivity index (χ3v) is 5.24. The van der Waals surface area contributed by atoms with E-state index in [0.717, 1.165) is 38.1 Å². The minimum atomic E-state index is -2.53. The molecule has 0 aromatic carbocycles. The SMILES string of the molecule is CC(C)(C)N1CC/C(=N/OCCCC(C)(C)N2CCC(F)(F)C2)C1. The molecular weight excluding hydrogens is 312 g/mol. The molecule has 2 aliphatic rings. The molecule has 0 N–H and O–H groups in total. The van der Waals surface area contributed by atoms with Crippen LogP contribution < -0.4 is 0 Å². The minimum absolute atomic E-state index is 0.0230. The van der Waals surface area contributed by atoms with Gasteiger partial charge in [0, 0.05) is 43.6 Å². The predicted octanol–water partition coefficient (Wildman–Crippen LogP) is 3.76. The summed E-state index contributed by atoms with van der Waals surface area (Å²) in [5, 5.41) is 4.27. The lowest BCUT2D eigenvalue weighted by Gasteiger charge is -2.35. The van der Waals surface area contributed by atoms with Crippen molar-refractivity contribution in [2.45, 2.75) is 77.3 Å². The Morgan fingerprint density at radius 2 is 1.83 bits per heavy atom. The summed E-state index contributed by atoms with van der Waals surface area (Å²) in [5.41, 5.74) is 1.05. The van der Waals surface area contributed by atoms with E-state index >= 15 is 0 Å². The zero-order valence-electron chi connectivity index (χ0n) is 15.9. The van der Waals surface area contributed by atoms with Crippen LogP contribution in [-0.2, 0) is 4.84 Å². The highest BCUT2D eigenvalue weighted by molar-refractivity contribution is 5.87. The van der Waals surface area contributed by atoms with Crippen molar-refractivity contribution in [3.63, 3.8) is 0 Å². The van der Waals surface area contributed by atoms with Crippen LogP contribution in [0.25, 0.3) is 0 Å². The molecule has 2 rings (SSSR count). The van der Waals surface area contributed by atoms with E-state index in [4.69, 9.17) is 4.84 Å². The summed E-state index contributed by atoms with van der Waals surface area (Å²) in [6.45, 7) is 13.5. The van der Waals surface area contributed by atoms with Crippen LogP contribution in [0, 0.1) is 0 Å². The molecule has 0 bridgehead atoms. The molecule has 4 nitrogen and oxygen atoms in total. The number of hydrogen-bond acceptors (Lipinski definition) is 4. The Bertz CT molecular complexity index is 458. The third-order valence-electron chi connectivity index (χ3n) is 5.24. The highest BCUT2D eigenvalue weighted by Crippen LogP contribution is 2.33. The van der Waals surface area contributed by atoms with Crippen LogP contribution in [0.3, 0.4) is 0 Å². The highest BCUT2D eigenvalue weighted by atomic mass is 19.3. The monoisotopic (exact) mass is 345 g/mol. The van der Waals surface area contributed by atoms with E-state index in [1.165, 1.54) is 0 Å². The third kappa shape index (κ3) is 5.38. The summed E-state index contributed by atoms with van der Waals surface area (Å²) in [4.78, 5) is 9.77. The maximum atomic E-state index is 13.4.